The first kappa shape index (κ1) is 18.4. The lowest BCUT2D eigenvalue weighted by Gasteiger charge is -2.37. The Hall–Kier alpha value is -1.63. The van der Waals surface area contributed by atoms with Crippen LogP contribution in [-0.4, -0.2) is 37.5 Å². The van der Waals surface area contributed by atoms with E-state index < -0.39 is 15.9 Å². The molecule has 3 saturated carbocycles. The molecule has 1 aromatic carbocycles. The van der Waals surface area contributed by atoms with E-state index in [1.54, 1.807) is 6.07 Å². The molecule has 0 N–H and O–H groups in total. The van der Waals surface area contributed by atoms with Crippen LogP contribution in [0.2, 0.25) is 0 Å². The van der Waals surface area contributed by atoms with E-state index in [2.05, 4.69) is 13.8 Å². The fourth-order valence-electron chi connectivity index (χ4n) is 6.55. The second kappa shape index (κ2) is 5.49. The minimum Gasteiger partial charge on any atom is -0.496 e. The van der Waals surface area contributed by atoms with Crippen molar-refractivity contribution < 1.29 is 22.3 Å². The summed E-state index contributed by atoms with van der Waals surface area (Å²) in [6.07, 6.45) is 3.24. The van der Waals surface area contributed by atoms with Crippen LogP contribution in [0.1, 0.15) is 51.0 Å². The molecule has 4 aliphatic rings. The molecule has 152 valence electrons. The molecule has 5 rings (SSSR count). The van der Waals surface area contributed by atoms with Gasteiger partial charge in [-0.25, -0.2) is 17.1 Å². The Bertz CT molecular complexity index is 975. The zero-order valence-corrected chi connectivity index (χ0v) is 17.3. The number of carbonyl (C=O) groups is 1. The Kier molecular flexibility index (Phi) is 3.61. The largest absolute Gasteiger partial charge is 0.496 e. The van der Waals surface area contributed by atoms with Gasteiger partial charge in [0.15, 0.2) is 0 Å². The molecular formula is C21H26FNO4S. The zero-order valence-electron chi connectivity index (χ0n) is 16.4. The summed E-state index contributed by atoms with van der Waals surface area (Å²) in [6.45, 7) is 4.34. The van der Waals surface area contributed by atoms with Crippen LogP contribution in [0.3, 0.4) is 0 Å². The van der Waals surface area contributed by atoms with Crippen LogP contribution in [0.15, 0.2) is 18.2 Å². The van der Waals surface area contributed by atoms with Gasteiger partial charge in [0.1, 0.15) is 11.6 Å². The number of hydrogen-bond donors (Lipinski definition) is 0. The predicted octanol–water partition coefficient (Wildman–Crippen LogP) is 3.30. The van der Waals surface area contributed by atoms with Crippen molar-refractivity contribution in [3.8, 4) is 5.75 Å². The summed E-state index contributed by atoms with van der Waals surface area (Å²) in [5, 5.41) is 0. The van der Waals surface area contributed by atoms with Gasteiger partial charge in [-0.3, -0.25) is 4.79 Å². The number of fused-ring (bicyclic) bond motifs is 1. The van der Waals surface area contributed by atoms with Crippen molar-refractivity contribution >= 4 is 15.9 Å². The first-order chi connectivity index (χ1) is 13.1. The zero-order chi connectivity index (χ0) is 20.1. The Balaban J connectivity index is 1.45. The van der Waals surface area contributed by atoms with Crippen molar-refractivity contribution in [3.63, 3.8) is 0 Å². The van der Waals surface area contributed by atoms with E-state index >= 15 is 0 Å². The maximum atomic E-state index is 13.7. The highest BCUT2D eigenvalue weighted by molar-refractivity contribution is 7.90. The quantitative estimate of drug-likeness (QED) is 0.771. The van der Waals surface area contributed by atoms with Crippen molar-refractivity contribution in [2.45, 2.75) is 51.5 Å². The predicted molar refractivity (Wildman–Crippen MR) is 102 cm³/mol. The molecule has 0 radical (unpaired) electrons. The van der Waals surface area contributed by atoms with E-state index in [4.69, 9.17) is 4.74 Å². The third-order valence-electron chi connectivity index (χ3n) is 8.33. The fraction of sp³-hybridized carbons (Fsp3) is 0.667. The van der Waals surface area contributed by atoms with Crippen molar-refractivity contribution in [1.82, 2.24) is 4.31 Å². The second-order valence-electron chi connectivity index (χ2n) is 9.59. The summed E-state index contributed by atoms with van der Waals surface area (Å²) in [4.78, 5) is 13.3. The normalized spacial score (nSPS) is 39.1. The Morgan fingerprint density at radius 2 is 2.04 bits per heavy atom. The summed E-state index contributed by atoms with van der Waals surface area (Å²) in [6, 6.07) is 4.07. The van der Waals surface area contributed by atoms with E-state index in [0.717, 1.165) is 19.3 Å². The highest BCUT2D eigenvalue weighted by Gasteiger charge is 2.73. The minimum atomic E-state index is -3.62. The van der Waals surface area contributed by atoms with Gasteiger partial charge in [-0.15, -0.1) is 0 Å². The second-order valence-corrected chi connectivity index (χ2v) is 11.4. The summed E-state index contributed by atoms with van der Waals surface area (Å²) in [5.41, 5.74) is 0.280. The molecule has 28 heavy (non-hydrogen) atoms. The summed E-state index contributed by atoms with van der Waals surface area (Å²) in [7, 11) is -2.10. The fourth-order valence-corrected chi connectivity index (χ4v) is 9.13. The van der Waals surface area contributed by atoms with E-state index in [1.165, 1.54) is 23.5 Å². The van der Waals surface area contributed by atoms with Crippen LogP contribution in [0.25, 0.3) is 0 Å². The average molecular weight is 408 g/mol. The van der Waals surface area contributed by atoms with Gasteiger partial charge in [0.05, 0.1) is 18.9 Å². The van der Waals surface area contributed by atoms with Gasteiger partial charge in [-0.05, 0) is 55.2 Å². The number of hydrogen-bond acceptors (Lipinski definition) is 4. The van der Waals surface area contributed by atoms with Gasteiger partial charge in [-0.2, -0.15) is 0 Å². The maximum Gasteiger partial charge on any atom is 0.240 e. The lowest BCUT2D eigenvalue weighted by atomic mass is 9.69. The van der Waals surface area contributed by atoms with Gasteiger partial charge in [-0.1, -0.05) is 13.8 Å². The highest BCUT2D eigenvalue weighted by atomic mass is 32.2. The maximum absolute atomic E-state index is 13.7. The number of sulfonamides is 1. The van der Waals surface area contributed by atoms with Crippen molar-refractivity contribution in [2.75, 3.05) is 12.9 Å². The van der Waals surface area contributed by atoms with Gasteiger partial charge in [0, 0.05) is 22.8 Å². The molecule has 0 unspecified atom stereocenters. The van der Waals surface area contributed by atoms with Gasteiger partial charge < -0.3 is 4.74 Å². The number of nitrogens with zero attached hydrogens (tertiary/aromatic N) is 1. The summed E-state index contributed by atoms with van der Waals surface area (Å²) < 4.78 is 46.4. The first-order valence-electron chi connectivity index (χ1n) is 10.0. The Labute approximate surface area is 165 Å². The number of benzene rings is 1. The highest BCUT2D eigenvalue weighted by Crippen LogP contribution is 2.70. The van der Waals surface area contributed by atoms with Crippen molar-refractivity contribution in [3.05, 3.63) is 29.6 Å². The molecule has 4 fully saturated rings. The topological polar surface area (TPSA) is 63.7 Å². The number of rotatable bonds is 3. The van der Waals surface area contributed by atoms with Crippen LogP contribution in [0, 0.1) is 28.5 Å². The lowest BCUT2D eigenvalue weighted by molar-refractivity contribution is -0.130. The average Bonchev–Trinajstić information content (AvgIpc) is 3.28. The third-order valence-corrected chi connectivity index (χ3v) is 10.2. The SMILES string of the molecule is COc1ccc(F)cc1[C@H]1C[C@@H]1C(=O)N1[C@H]2C[C@@H]3CC[C@@]2(CS1(=O)=O)C3(C)C. The van der Waals surface area contributed by atoms with Crippen LogP contribution in [0.5, 0.6) is 5.75 Å². The monoisotopic (exact) mass is 407 g/mol. The van der Waals surface area contributed by atoms with Crippen molar-refractivity contribution in [2.24, 2.45) is 22.7 Å². The number of carbonyl (C=O) groups excluding carboxylic acids is 1. The minimum absolute atomic E-state index is 0.0610. The van der Waals surface area contributed by atoms with E-state index in [0.29, 0.717) is 23.7 Å². The molecule has 7 heteroatoms. The lowest BCUT2D eigenvalue weighted by Crippen LogP contribution is -2.44. The molecule has 1 heterocycles. The van der Waals surface area contributed by atoms with E-state index in [9.17, 15) is 17.6 Å². The van der Waals surface area contributed by atoms with E-state index in [1.807, 2.05) is 0 Å². The molecule has 1 aromatic rings. The number of halogens is 1. The molecule has 1 saturated heterocycles. The number of methoxy groups -OCH3 is 1. The van der Waals surface area contributed by atoms with Gasteiger partial charge in [0.2, 0.25) is 15.9 Å². The van der Waals surface area contributed by atoms with E-state index in [-0.39, 0.29) is 40.3 Å². The molecule has 3 aliphatic carbocycles. The Morgan fingerprint density at radius 1 is 1.29 bits per heavy atom. The van der Waals surface area contributed by atoms with Crippen LogP contribution >= 0.6 is 0 Å². The molecule has 5 atom stereocenters. The molecule has 1 aliphatic heterocycles. The van der Waals surface area contributed by atoms with Gasteiger partial charge in [0.25, 0.3) is 0 Å². The summed E-state index contributed by atoms with van der Waals surface area (Å²) in [5.74, 6) is -0.178. The number of amides is 1. The standard InChI is InChI=1S/C21H26FNO4S/c1-20(2)12-6-7-21(20)11-28(25,26)23(18(21)8-12)19(24)16-10-14(16)15-9-13(22)4-5-17(15)27-3/h4-5,9,12,14,16,18H,6-8,10-11H2,1-3H3/t12-,14+,16-,18-,21-/m0/s1. The Morgan fingerprint density at radius 3 is 2.71 bits per heavy atom. The molecule has 1 amide bonds. The van der Waals surface area contributed by atoms with Crippen LogP contribution in [-0.2, 0) is 14.8 Å². The molecule has 5 nitrogen and oxygen atoms in total. The van der Waals surface area contributed by atoms with Crippen molar-refractivity contribution in [1.29, 1.82) is 0 Å². The molecular weight excluding hydrogens is 381 g/mol. The first-order valence-corrected chi connectivity index (χ1v) is 11.6. The smallest absolute Gasteiger partial charge is 0.240 e. The van der Waals surface area contributed by atoms with Gasteiger partial charge >= 0.3 is 0 Å². The third kappa shape index (κ3) is 2.17. The summed E-state index contributed by atoms with van der Waals surface area (Å²) >= 11 is 0. The van der Waals surface area contributed by atoms with Crippen LogP contribution in [0.4, 0.5) is 4.39 Å². The molecule has 0 aromatic heterocycles. The molecule has 1 spiro atoms. The van der Waals surface area contributed by atoms with Crippen LogP contribution < -0.4 is 4.74 Å². The molecule has 2 bridgehead atoms. The number of ether oxygens (including phenoxy) is 1.